The van der Waals surface area contributed by atoms with Gasteiger partial charge < -0.3 is 15.1 Å². The molecule has 0 unspecified atom stereocenters. The number of alkyl halides is 3. The fourth-order valence-corrected chi connectivity index (χ4v) is 4.08. The number of benzene rings is 2. The first-order chi connectivity index (χ1) is 14.1. The summed E-state index contributed by atoms with van der Waals surface area (Å²) in [7, 11) is 5.57. The molecule has 0 aromatic heterocycles. The van der Waals surface area contributed by atoms with Gasteiger partial charge in [-0.3, -0.25) is 4.79 Å². The van der Waals surface area contributed by atoms with Gasteiger partial charge in [0.15, 0.2) is 0 Å². The van der Waals surface area contributed by atoms with Crippen LogP contribution in [0.1, 0.15) is 29.5 Å². The average Bonchev–Trinajstić information content (AvgIpc) is 2.80. The third-order valence-electron chi connectivity index (χ3n) is 5.83. The van der Waals surface area contributed by atoms with Crippen LogP contribution in [0.4, 0.5) is 24.5 Å². The summed E-state index contributed by atoms with van der Waals surface area (Å²) >= 11 is 0. The molecule has 1 N–H and O–H groups in total. The standard InChI is InChI=1S/C23H28F3N3O/c1-15-18(16-8-10-17(27-2)11-9-16)14-19-20(23(24,25)26)6-5-7-21(19)29(22(15)30)13-12-28(3)4/h5-11,15,18,27H,12-14H2,1-4H3/t15-,18-/m0/s1. The number of amides is 1. The van der Waals surface area contributed by atoms with Crippen molar-refractivity contribution in [1.82, 2.24) is 4.90 Å². The van der Waals surface area contributed by atoms with E-state index in [0.717, 1.165) is 17.3 Å². The van der Waals surface area contributed by atoms with Crippen molar-refractivity contribution in [2.45, 2.75) is 25.4 Å². The lowest BCUT2D eigenvalue weighted by Gasteiger charge is -2.28. The molecule has 0 aliphatic carbocycles. The smallest absolute Gasteiger partial charge is 0.388 e. The van der Waals surface area contributed by atoms with Crippen LogP contribution >= 0.6 is 0 Å². The third kappa shape index (κ3) is 4.46. The average molecular weight is 419 g/mol. The van der Waals surface area contributed by atoms with Crippen LogP contribution in [0.2, 0.25) is 0 Å². The Balaban J connectivity index is 2.13. The monoisotopic (exact) mass is 419 g/mol. The molecule has 1 aliphatic heterocycles. The highest BCUT2D eigenvalue weighted by molar-refractivity contribution is 5.97. The van der Waals surface area contributed by atoms with Crippen LogP contribution in [0.3, 0.4) is 0 Å². The second kappa shape index (κ2) is 8.68. The van der Waals surface area contributed by atoms with Gasteiger partial charge in [0, 0.05) is 37.4 Å². The number of carbonyl (C=O) groups excluding carboxylic acids is 1. The summed E-state index contributed by atoms with van der Waals surface area (Å²) in [4.78, 5) is 16.9. The van der Waals surface area contributed by atoms with Crippen molar-refractivity contribution in [3.8, 4) is 0 Å². The fraction of sp³-hybridized carbons (Fsp3) is 0.435. The van der Waals surface area contributed by atoms with Gasteiger partial charge in [-0.15, -0.1) is 0 Å². The summed E-state index contributed by atoms with van der Waals surface area (Å²) in [5.41, 5.74) is 1.69. The van der Waals surface area contributed by atoms with Crippen molar-refractivity contribution in [1.29, 1.82) is 0 Å². The van der Waals surface area contributed by atoms with Gasteiger partial charge in [-0.25, -0.2) is 0 Å². The molecule has 0 spiro atoms. The number of fused-ring (bicyclic) bond motifs is 1. The molecular formula is C23H28F3N3O. The second-order valence-corrected chi connectivity index (χ2v) is 8.07. The molecule has 7 heteroatoms. The van der Waals surface area contributed by atoms with Crippen molar-refractivity contribution >= 4 is 17.3 Å². The zero-order valence-corrected chi connectivity index (χ0v) is 17.8. The van der Waals surface area contributed by atoms with Gasteiger partial charge >= 0.3 is 6.18 Å². The van der Waals surface area contributed by atoms with E-state index in [0.29, 0.717) is 18.8 Å². The van der Waals surface area contributed by atoms with E-state index >= 15 is 0 Å². The topological polar surface area (TPSA) is 35.6 Å². The maximum atomic E-state index is 13.9. The third-order valence-corrected chi connectivity index (χ3v) is 5.83. The summed E-state index contributed by atoms with van der Waals surface area (Å²) < 4.78 is 41.6. The van der Waals surface area contributed by atoms with E-state index in [2.05, 4.69) is 5.32 Å². The van der Waals surface area contributed by atoms with Gasteiger partial charge in [0.25, 0.3) is 0 Å². The number of anilines is 2. The number of hydrogen-bond acceptors (Lipinski definition) is 3. The van der Waals surface area contributed by atoms with Crippen LogP contribution in [-0.4, -0.2) is 45.0 Å². The summed E-state index contributed by atoms with van der Waals surface area (Å²) in [6, 6.07) is 11.7. The number of hydrogen-bond donors (Lipinski definition) is 1. The van der Waals surface area contributed by atoms with Crippen molar-refractivity contribution in [2.75, 3.05) is 44.4 Å². The first-order valence-corrected chi connectivity index (χ1v) is 10.1. The highest BCUT2D eigenvalue weighted by atomic mass is 19.4. The van der Waals surface area contributed by atoms with Crippen LogP contribution < -0.4 is 10.2 Å². The predicted molar refractivity (Wildman–Crippen MR) is 114 cm³/mol. The molecule has 0 fully saturated rings. The van der Waals surface area contributed by atoms with E-state index in [9.17, 15) is 18.0 Å². The number of carbonyl (C=O) groups is 1. The highest BCUT2D eigenvalue weighted by Crippen LogP contribution is 2.43. The quantitative estimate of drug-likeness (QED) is 0.768. The minimum atomic E-state index is -4.48. The molecule has 4 nitrogen and oxygen atoms in total. The number of halogens is 3. The number of rotatable bonds is 5. The minimum absolute atomic E-state index is 0.141. The van der Waals surface area contributed by atoms with E-state index in [1.54, 1.807) is 13.1 Å². The van der Waals surface area contributed by atoms with Crippen LogP contribution in [0.5, 0.6) is 0 Å². The summed E-state index contributed by atoms with van der Waals surface area (Å²) in [6.07, 6.45) is -4.31. The Kier molecular flexibility index (Phi) is 6.41. The molecular weight excluding hydrogens is 391 g/mol. The maximum Gasteiger partial charge on any atom is 0.416 e. The van der Waals surface area contributed by atoms with Gasteiger partial charge in [0.05, 0.1) is 5.56 Å². The molecule has 0 bridgehead atoms. The van der Waals surface area contributed by atoms with E-state index < -0.39 is 17.7 Å². The molecule has 2 atom stereocenters. The first-order valence-electron chi connectivity index (χ1n) is 10.1. The summed E-state index contributed by atoms with van der Waals surface area (Å²) in [5.74, 6) is -0.922. The normalized spacial score (nSPS) is 19.6. The molecule has 162 valence electrons. The number of nitrogens with zero attached hydrogens (tertiary/aromatic N) is 2. The van der Waals surface area contributed by atoms with Crippen LogP contribution in [0, 0.1) is 5.92 Å². The largest absolute Gasteiger partial charge is 0.416 e. The van der Waals surface area contributed by atoms with E-state index in [1.807, 2.05) is 50.2 Å². The second-order valence-electron chi connectivity index (χ2n) is 8.07. The van der Waals surface area contributed by atoms with Crippen molar-refractivity contribution in [2.24, 2.45) is 5.92 Å². The molecule has 0 saturated carbocycles. The lowest BCUT2D eigenvalue weighted by atomic mass is 9.82. The first kappa shape index (κ1) is 22.2. The Morgan fingerprint density at radius 1 is 1.13 bits per heavy atom. The molecule has 1 heterocycles. The lowest BCUT2D eigenvalue weighted by Crippen LogP contribution is -2.40. The van der Waals surface area contributed by atoms with E-state index in [1.165, 1.54) is 11.0 Å². The lowest BCUT2D eigenvalue weighted by molar-refractivity contribution is -0.138. The Morgan fingerprint density at radius 2 is 1.80 bits per heavy atom. The van der Waals surface area contributed by atoms with Crippen LogP contribution in [-0.2, 0) is 17.4 Å². The zero-order valence-electron chi connectivity index (χ0n) is 17.8. The molecule has 2 aromatic rings. The predicted octanol–water partition coefficient (Wildman–Crippen LogP) is 4.62. The van der Waals surface area contributed by atoms with Crippen molar-refractivity contribution in [3.05, 3.63) is 59.2 Å². The fourth-order valence-electron chi connectivity index (χ4n) is 4.08. The molecule has 0 saturated heterocycles. The van der Waals surface area contributed by atoms with Gasteiger partial charge in [-0.2, -0.15) is 13.2 Å². The van der Waals surface area contributed by atoms with Gasteiger partial charge in [-0.1, -0.05) is 25.1 Å². The Bertz CT molecular complexity index is 894. The van der Waals surface area contributed by atoms with Gasteiger partial charge in [0.1, 0.15) is 0 Å². The zero-order chi connectivity index (χ0) is 22.1. The molecule has 0 radical (unpaired) electrons. The van der Waals surface area contributed by atoms with E-state index in [-0.39, 0.29) is 23.8 Å². The Hall–Kier alpha value is -2.54. The molecule has 1 amide bonds. The highest BCUT2D eigenvalue weighted by Gasteiger charge is 2.40. The number of likely N-dealkylation sites (N-methyl/N-ethyl adjacent to an activating group) is 1. The van der Waals surface area contributed by atoms with Crippen LogP contribution in [0.15, 0.2) is 42.5 Å². The maximum absolute atomic E-state index is 13.9. The molecule has 2 aromatic carbocycles. The Labute approximate surface area is 175 Å². The molecule has 1 aliphatic rings. The molecule has 30 heavy (non-hydrogen) atoms. The van der Waals surface area contributed by atoms with Crippen molar-refractivity contribution in [3.63, 3.8) is 0 Å². The van der Waals surface area contributed by atoms with Crippen LogP contribution in [0.25, 0.3) is 0 Å². The number of nitrogens with one attached hydrogen (secondary N) is 1. The summed E-state index contributed by atoms with van der Waals surface area (Å²) in [5, 5.41) is 3.04. The van der Waals surface area contributed by atoms with Gasteiger partial charge in [-0.05, 0) is 61.8 Å². The van der Waals surface area contributed by atoms with Crippen molar-refractivity contribution < 1.29 is 18.0 Å². The SMILES string of the molecule is CNc1ccc([C@H]2Cc3c(cccc3C(F)(F)F)N(CCN(C)C)C(=O)[C@H]2C)cc1. The minimum Gasteiger partial charge on any atom is -0.388 e. The van der Waals surface area contributed by atoms with Gasteiger partial charge in [0.2, 0.25) is 5.91 Å². The molecule has 3 rings (SSSR count). The summed E-state index contributed by atoms with van der Waals surface area (Å²) in [6.45, 7) is 2.73. The van der Waals surface area contributed by atoms with E-state index in [4.69, 9.17) is 0 Å². The Morgan fingerprint density at radius 3 is 2.37 bits per heavy atom.